The van der Waals surface area contributed by atoms with E-state index in [9.17, 15) is 18.5 Å². The SMILES string of the molecule is CC(C)Oc1ccc(-c2nc(-c3cccc4c3CCC4NS(=O)(=O)CC(=O)O)no2)cc1C#N. The maximum Gasteiger partial charge on any atom is 0.320 e. The average Bonchev–Trinajstić information content (AvgIpc) is 3.40. The van der Waals surface area contributed by atoms with Gasteiger partial charge in [0.25, 0.3) is 5.89 Å². The van der Waals surface area contributed by atoms with Crippen molar-refractivity contribution < 1.29 is 27.6 Å². The molecule has 0 saturated carbocycles. The fourth-order valence-electron chi connectivity index (χ4n) is 3.96. The van der Waals surface area contributed by atoms with Crippen LogP contribution in [0.2, 0.25) is 0 Å². The number of aromatic nitrogens is 2. The molecule has 1 aliphatic carbocycles. The van der Waals surface area contributed by atoms with Crippen molar-refractivity contribution in [2.45, 2.75) is 38.8 Å². The molecule has 176 valence electrons. The van der Waals surface area contributed by atoms with Crippen LogP contribution in [-0.2, 0) is 21.2 Å². The Labute approximate surface area is 196 Å². The second-order valence-electron chi connectivity index (χ2n) is 8.15. The molecule has 1 heterocycles. The van der Waals surface area contributed by atoms with Crippen molar-refractivity contribution >= 4 is 16.0 Å². The minimum atomic E-state index is -3.97. The van der Waals surface area contributed by atoms with Gasteiger partial charge in [0.05, 0.1) is 11.7 Å². The van der Waals surface area contributed by atoms with E-state index in [2.05, 4.69) is 20.9 Å². The van der Waals surface area contributed by atoms with Crippen molar-refractivity contribution in [3.8, 4) is 34.7 Å². The van der Waals surface area contributed by atoms with Gasteiger partial charge in [0.15, 0.2) is 5.75 Å². The number of sulfonamides is 1. The lowest BCUT2D eigenvalue weighted by Gasteiger charge is -2.14. The third-order valence-corrected chi connectivity index (χ3v) is 6.55. The van der Waals surface area contributed by atoms with Crippen LogP contribution in [0.5, 0.6) is 5.75 Å². The van der Waals surface area contributed by atoms with Gasteiger partial charge in [-0.05, 0) is 56.0 Å². The van der Waals surface area contributed by atoms with E-state index in [0.717, 1.165) is 11.1 Å². The number of carbonyl (C=O) groups is 1. The highest BCUT2D eigenvalue weighted by molar-refractivity contribution is 7.90. The number of hydrogen-bond donors (Lipinski definition) is 2. The third-order valence-electron chi connectivity index (χ3n) is 5.28. The number of nitriles is 1. The molecule has 3 aromatic rings. The Kier molecular flexibility index (Phi) is 6.37. The molecule has 1 aliphatic rings. The fraction of sp³-hybridized carbons (Fsp3) is 0.304. The highest BCUT2D eigenvalue weighted by atomic mass is 32.2. The zero-order valence-electron chi connectivity index (χ0n) is 18.5. The molecule has 11 heteroatoms. The molecular weight excluding hydrogens is 460 g/mol. The van der Waals surface area contributed by atoms with E-state index < -0.39 is 27.8 Å². The molecule has 0 spiro atoms. The molecule has 2 aromatic carbocycles. The molecule has 0 radical (unpaired) electrons. The van der Waals surface area contributed by atoms with Gasteiger partial charge in [-0.1, -0.05) is 23.4 Å². The summed E-state index contributed by atoms with van der Waals surface area (Å²) in [5, 5.41) is 22.4. The first-order chi connectivity index (χ1) is 16.2. The molecule has 10 nitrogen and oxygen atoms in total. The first-order valence-electron chi connectivity index (χ1n) is 10.6. The van der Waals surface area contributed by atoms with Crippen molar-refractivity contribution in [2.24, 2.45) is 0 Å². The lowest BCUT2D eigenvalue weighted by molar-refractivity contribution is -0.134. The summed E-state index contributed by atoms with van der Waals surface area (Å²) in [5.74, 6) is -1.36. The number of carboxylic acid groups (broad SMARTS) is 1. The quantitative estimate of drug-likeness (QED) is 0.492. The van der Waals surface area contributed by atoms with E-state index in [-0.39, 0.29) is 12.0 Å². The van der Waals surface area contributed by atoms with Gasteiger partial charge in [0, 0.05) is 17.2 Å². The maximum absolute atomic E-state index is 12.1. The van der Waals surface area contributed by atoms with Crippen LogP contribution < -0.4 is 9.46 Å². The minimum Gasteiger partial charge on any atom is -0.490 e. The standard InChI is InChI=1S/C23H22N4O6S/c1-13(2)32-20-9-6-14(10-15(20)11-24)23-25-22(26-33-23)18-5-3-4-17-16(18)7-8-19(17)27-34(30,31)12-21(28)29/h3-6,9-10,13,19,27H,7-8,12H2,1-2H3,(H,28,29). The second-order valence-corrected chi connectivity index (χ2v) is 9.90. The van der Waals surface area contributed by atoms with E-state index >= 15 is 0 Å². The highest BCUT2D eigenvalue weighted by Crippen LogP contribution is 2.38. The lowest BCUT2D eigenvalue weighted by Crippen LogP contribution is -2.32. The second kappa shape index (κ2) is 9.24. The van der Waals surface area contributed by atoms with E-state index in [0.29, 0.717) is 41.1 Å². The van der Waals surface area contributed by atoms with Gasteiger partial charge in [-0.2, -0.15) is 10.2 Å². The molecular formula is C23H22N4O6S. The zero-order chi connectivity index (χ0) is 24.5. The Hall–Kier alpha value is -3.75. The molecule has 1 aromatic heterocycles. The summed E-state index contributed by atoms with van der Waals surface area (Å²) in [5.41, 5.74) is 3.24. The summed E-state index contributed by atoms with van der Waals surface area (Å²) in [7, 11) is -3.97. The zero-order valence-corrected chi connectivity index (χ0v) is 19.3. The van der Waals surface area contributed by atoms with Gasteiger partial charge < -0.3 is 14.4 Å². The number of aliphatic carboxylic acids is 1. The Morgan fingerprint density at radius 3 is 2.85 bits per heavy atom. The van der Waals surface area contributed by atoms with Gasteiger partial charge in [-0.3, -0.25) is 4.79 Å². The van der Waals surface area contributed by atoms with Crippen molar-refractivity contribution in [1.82, 2.24) is 14.9 Å². The number of nitrogens with one attached hydrogen (secondary N) is 1. The van der Waals surface area contributed by atoms with Crippen molar-refractivity contribution in [1.29, 1.82) is 5.26 Å². The summed E-state index contributed by atoms with van der Waals surface area (Å²) in [6, 6.07) is 12.0. The van der Waals surface area contributed by atoms with Crippen LogP contribution in [0.25, 0.3) is 22.8 Å². The fourth-order valence-corrected chi connectivity index (χ4v) is 5.05. The Morgan fingerprint density at radius 2 is 2.15 bits per heavy atom. The molecule has 0 amide bonds. The van der Waals surface area contributed by atoms with Gasteiger partial charge in [-0.25, -0.2) is 13.1 Å². The van der Waals surface area contributed by atoms with E-state index in [4.69, 9.17) is 14.4 Å². The normalized spacial score (nSPS) is 15.2. The topological polar surface area (TPSA) is 155 Å². The maximum atomic E-state index is 12.1. The number of benzene rings is 2. The molecule has 1 unspecified atom stereocenters. The molecule has 0 saturated heterocycles. The van der Waals surface area contributed by atoms with Gasteiger partial charge >= 0.3 is 5.97 Å². The highest BCUT2D eigenvalue weighted by Gasteiger charge is 2.30. The van der Waals surface area contributed by atoms with Crippen molar-refractivity contribution in [3.63, 3.8) is 0 Å². The Balaban J connectivity index is 1.62. The van der Waals surface area contributed by atoms with Crippen LogP contribution in [0.15, 0.2) is 40.9 Å². The molecule has 1 atom stereocenters. The monoisotopic (exact) mass is 482 g/mol. The Bertz CT molecular complexity index is 1390. The molecule has 2 N–H and O–H groups in total. The molecule has 34 heavy (non-hydrogen) atoms. The number of ether oxygens (including phenoxy) is 1. The smallest absolute Gasteiger partial charge is 0.320 e. The van der Waals surface area contributed by atoms with Crippen molar-refractivity contribution in [3.05, 3.63) is 53.1 Å². The number of hydrogen-bond acceptors (Lipinski definition) is 8. The van der Waals surface area contributed by atoms with Crippen LogP contribution >= 0.6 is 0 Å². The van der Waals surface area contributed by atoms with Crippen LogP contribution in [0.4, 0.5) is 0 Å². The van der Waals surface area contributed by atoms with Crippen LogP contribution in [0, 0.1) is 11.3 Å². The number of rotatable bonds is 8. The molecule has 0 bridgehead atoms. The minimum absolute atomic E-state index is 0.0782. The number of carboxylic acids is 1. The van der Waals surface area contributed by atoms with E-state index in [1.54, 1.807) is 30.3 Å². The van der Waals surface area contributed by atoms with E-state index in [1.807, 2.05) is 19.9 Å². The molecule has 0 fully saturated rings. The van der Waals surface area contributed by atoms with Crippen LogP contribution in [-0.4, -0.2) is 41.5 Å². The summed E-state index contributed by atoms with van der Waals surface area (Å²) >= 11 is 0. The first kappa shape index (κ1) is 23.4. The first-order valence-corrected chi connectivity index (χ1v) is 12.2. The summed E-state index contributed by atoms with van der Waals surface area (Å²) in [4.78, 5) is 15.3. The number of fused-ring (bicyclic) bond motifs is 1. The predicted octanol–water partition coefficient (Wildman–Crippen LogP) is 3.05. The largest absolute Gasteiger partial charge is 0.490 e. The number of nitrogens with zero attached hydrogens (tertiary/aromatic N) is 3. The van der Waals surface area contributed by atoms with Gasteiger partial charge in [0.2, 0.25) is 15.8 Å². The van der Waals surface area contributed by atoms with Crippen molar-refractivity contribution in [2.75, 3.05) is 5.75 Å². The van der Waals surface area contributed by atoms with Crippen LogP contribution in [0.1, 0.15) is 43.0 Å². The van der Waals surface area contributed by atoms with Gasteiger partial charge in [0.1, 0.15) is 11.8 Å². The van der Waals surface area contributed by atoms with Crippen LogP contribution in [0.3, 0.4) is 0 Å². The average molecular weight is 483 g/mol. The molecule has 4 rings (SSSR count). The Morgan fingerprint density at radius 1 is 1.35 bits per heavy atom. The predicted molar refractivity (Wildman–Crippen MR) is 121 cm³/mol. The summed E-state index contributed by atoms with van der Waals surface area (Å²) in [6.07, 6.45) is 0.972. The van der Waals surface area contributed by atoms with Gasteiger partial charge in [-0.15, -0.1) is 0 Å². The summed E-state index contributed by atoms with van der Waals surface area (Å²) in [6.45, 7) is 3.75. The van der Waals surface area contributed by atoms with E-state index in [1.165, 1.54) is 0 Å². The molecule has 0 aliphatic heterocycles. The third kappa shape index (κ3) is 4.93. The summed E-state index contributed by atoms with van der Waals surface area (Å²) < 4.78 is 37.8. The lowest BCUT2D eigenvalue weighted by atomic mass is 10.0.